The monoisotopic (exact) mass is 280 g/mol. The van der Waals surface area contributed by atoms with Gasteiger partial charge in [0.15, 0.2) is 0 Å². The molecule has 0 spiro atoms. The molecule has 0 aromatic heterocycles. The molecule has 0 aliphatic rings. The van der Waals surface area contributed by atoms with Crippen LogP contribution >= 0.6 is 0 Å². The SMILES string of the molecule is C.C.C.C.C.C.C.C.C.C=C=CCCCC=CCC. The Bertz CT molecular complexity index is 125. The first-order valence-corrected chi connectivity index (χ1v) is 3.91. The Morgan fingerprint density at radius 1 is 0.737 bits per heavy atom. The van der Waals surface area contributed by atoms with Crippen LogP contribution in [0.5, 0.6) is 0 Å². The smallest absolute Gasteiger partial charge is 0.0272 e. The Labute approximate surface area is 130 Å². The van der Waals surface area contributed by atoms with Gasteiger partial charge in [0.25, 0.3) is 0 Å². The molecule has 0 aliphatic carbocycles. The van der Waals surface area contributed by atoms with Crippen molar-refractivity contribution in [2.45, 2.75) is 99.4 Å². The zero-order chi connectivity index (χ0) is 7.66. The molecule has 0 saturated heterocycles. The maximum atomic E-state index is 3.50. The minimum Gasteiger partial charge on any atom is -0.133 e. The predicted molar refractivity (Wildman–Crippen MR) is 108 cm³/mol. The summed E-state index contributed by atoms with van der Waals surface area (Å²) >= 11 is 0. The van der Waals surface area contributed by atoms with Gasteiger partial charge in [0.2, 0.25) is 0 Å². The van der Waals surface area contributed by atoms with Crippen LogP contribution in [0.25, 0.3) is 0 Å². The molecule has 0 aromatic rings. The highest BCUT2D eigenvalue weighted by Gasteiger charge is 1.77. The van der Waals surface area contributed by atoms with E-state index in [1.807, 2.05) is 6.08 Å². The van der Waals surface area contributed by atoms with Gasteiger partial charge in [0, 0.05) is 0 Å². The second-order valence-electron chi connectivity index (χ2n) is 2.22. The summed E-state index contributed by atoms with van der Waals surface area (Å²) in [7, 11) is 0. The first-order valence-electron chi connectivity index (χ1n) is 3.91. The molecule has 0 rings (SSSR count). The van der Waals surface area contributed by atoms with Gasteiger partial charge in [-0.05, 0) is 31.8 Å². The number of hydrogen-bond acceptors (Lipinski definition) is 0. The van der Waals surface area contributed by atoms with Gasteiger partial charge in [0.1, 0.15) is 0 Å². The highest BCUT2D eigenvalue weighted by molar-refractivity contribution is 4.82. The fraction of sp³-hybridized carbons (Fsp3) is 0.737. The lowest BCUT2D eigenvalue weighted by atomic mass is 10.2. The normalized spacial score (nSPS) is 5.11. The van der Waals surface area contributed by atoms with Crippen molar-refractivity contribution in [3.8, 4) is 0 Å². The molecular weight excluding hydrogens is 228 g/mol. The summed E-state index contributed by atoms with van der Waals surface area (Å²) in [6.07, 6.45) is 11.1. The Kier molecular flexibility index (Phi) is 363. The molecule has 0 amide bonds. The summed E-state index contributed by atoms with van der Waals surface area (Å²) < 4.78 is 0. The molecule has 0 heterocycles. The van der Waals surface area contributed by atoms with E-state index < -0.39 is 0 Å². The van der Waals surface area contributed by atoms with Gasteiger partial charge in [-0.25, -0.2) is 0 Å². The highest BCUT2D eigenvalue weighted by atomic mass is 13.8. The number of unbranched alkanes of at least 4 members (excludes halogenated alkanes) is 2. The van der Waals surface area contributed by atoms with Crippen LogP contribution in [0.4, 0.5) is 0 Å². The Morgan fingerprint density at radius 2 is 1.16 bits per heavy atom. The minimum atomic E-state index is 0. The molecule has 0 bridgehead atoms. The van der Waals surface area contributed by atoms with E-state index in [9.17, 15) is 0 Å². The summed E-state index contributed by atoms with van der Waals surface area (Å²) in [5, 5.41) is 0. The Balaban J connectivity index is -0.0000000112. The van der Waals surface area contributed by atoms with Crippen molar-refractivity contribution >= 4 is 0 Å². The predicted octanol–water partition coefficient (Wildman–Crippen LogP) is 9.19. The van der Waals surface area contributed by atoms with Crippen molar-refractivity contribution in [1.29, 1.82) is 0 Å². The molecular formula is C19H52. The van der Waals surface area contributed by atoms with E-state index in [1.165, 1.54) is 12.8 Å². The number of rotatable bonds is 5. The molecule has 0 heteroatoms. The van der Waals surface area contributed by atoms with Crippen molar-refractivity contribution in [3.63, 3.8) is 0 Å². The highest BCUT2D eigenvalue weighted by Crippen LogP contribution is 1.97. The summed E-state index contributed by atoms with van der Waals surface area (Å²) in [5.41, 5.74) is 2.76. The van der Waals surface area contributed by atoms with Crippen LogP contribution in [0.3, 0.4) is 0 Å². The zero-order valence-electron chi connectivity index (χ0n) is 6.77. The lowest BCUT2D eigenvalue weighted by Crippen LogP contribution is -1.67. The van der Waals surface area contributed by atoms with Crippen LogP contribution in [0, 0.1) is 0 Å². The fourth-order valence-electron chi connectivity index (χ4n) is 0.724. The summed E-state index contributed by atoms with van der Waals surface area (Å²) in [4.78, 5) is 0. The van der Waals surface area contributed by atoms with E-state index in [2.05, 4.69) is 31.4 Å². The molecule has 0 radical (unpaired) electrons. The van der Waals surface area contributed by atoms with Gasteiger partial charge < -0.3 is 0 Å². The van der Waals surface area contributed by atoms with Crippen LogP contribution < -0.4 is 0 Å². The van der Waals surface area contributed by atoms with E-state index >= 15 is 0 Å². The number of allylic oxidation sites excluding steroid dienone is 3. The van der Waals surface area contributed by atoms with E-state index in [4.69, 9.17) is 0 Å². The molecule has 0 unspecified atom stereocenters. The van der Waals surface area contributed by atoms with Gasteiger partial charge in [-0.15, -0.1) is 5.73 Å². The van der Waals surface area contributed by atoms with Crippen molar-refractivity contribution in [2.24, 2.45) is 0 Å². The van der Waals surface area contributed by atoms with E-state index in [0.717, 1.165) is 12.8 Å². The van der Waals surface area contributed by atoms with Gasteiger partial charge in [-0.3, -0.25) is 0 Å². The van der Waals surface area contributed by atoms with Crippen molar-refractivity contribution in [1.82, 2.24) is 0 Å². The van der Waals surface area contributed by atoms with Gasteiger partial charge in [-0.1, -0.05) is 92.5 Å². The molecule has 19 heavy (non-hydrogen) atoms. The molecule has 0 saturated carbocycles. The van der Waals surface area contributed by atoms with Gasteiger partial charge in [0.05, 0.1) is 0 Å². The van der Waals surface area contributed by atoms with Crippen molar-refractivity contribution < 1.29 is 0 Å². The Hall–Kier alpha value is -0.740. The van der Waals surface area contributed by atoms with Crippen LogP contribution in [-0.2, 0) is 0 Å². The van der Waals surface area contributed by atoms with Crippen LogP contribution in [0.2, 0.25) is 0 Å². The molecule has 0 aromatic carbocycles. The zero-order valence-corrected chi connectivity index (χ0v) is 6.77. The van der Waals surface area contributed by atoms with Crippen LogP contribution in [0.15, 0.2) is 30.5 Å². The molecule has 0 aliphatic heterocycles. The topological polar surface area (TPSA) is 0 Å². The third kappa shape index (κ3) is 103. The first kappa shape index (κ1) is 79.7. The molecule has 0 fully saturated rings. The maximum Gasteiger partial charge on any atom is -0.0272 e. The lowest BCUT2D eigenvalue weighted by Gasteiger charge is -1.86. The molecule has 0 atom stereocenters. The average Bonchev–Trinajstić information content (AvgIpc) is 1.97. The second kappa shape index (κ2) is 86.6. The van der Waals surface area contributed by atoms with E-state index in [0.29, 0.717) is 0 Å². The van der Waals surface area contributed by atoms with Crippen LogP contribution in [-0.4, -0.2) is 0 Å². The average molecular weight is 281 g/mol. The minimum absolute atomic E-state index is 0. The third-order valence-corrected chi connectivity index (χ3v) is 1.27. The van der Waals surface area contributed by atoms with Crippen molar-refractivity contribution in [3.05, 3.63) is 30.5 Å². The molecule has 0 nitrogen and oxygen atoms in total. The summed E-state index contributed by atoms with van der Waals surface area (Å²) in [6, 6.07) is 0. The Morgan fingerprint density at radius 3 is 1.47 bits per heavy atom. The number of hydrogen-bond donors (Lipinski definition) is 0. The fourth-order valence-corrected chi connectivity index (χ4v) is 0.724. The molecule has 128 valence electrons. The second-order valence-corrected chi connectivity index (χ2v) is 2.22. The summed E-state index contributed by atoms with van der Waals surface area (Å²) in [6.45, 7) is 5.65. The lowest BCUT2D eigenvalue weighted by molar-refractivity contribution is 0.866. The quantitative estimate of drug-likeness (QED) is 0.267. The standard InChI is InChI=1S/C10H16.9CH4/c1-3-5-7-9-10-8-6-4-2;;;;;;;;;/h5-6,8H,1,4,7,9-10H2,2H3;9*1H4. The maximum absolute atomic E-state index is 3.50. The van der Waals surface area contributed by atoms with Crippen molar-refractivity contribution in [2.75, 3.05) is 0 Å². The van der Waals surface area contributed by atoms with E-state index in [1.54, 1.807) is 0 Å². The third-order valence-electron chi connectivity index (χ3n) is 1.27. The largest absolute Gasteiger partial charge is 0.133 e. The molecule has 0 N–H and O–H groups in total. The summed E-state index contributed by atoms with van der Waals surface area (Å²) in [5.74, 6) is 0. The van der Waals surface area contributed by atoms with E-state index in [-0.39, 0.29) is 66.8 Å². The van der Waals surface area contributed by atoms with Crippen LogP contribution in [0.1, 0.15) is 99.4 Å². The van der Waals surface area contributed by atoms with Gasteiger partial charge in [-0.2, -0.15) is 0 Å². The van der Waals surface area contributed by atoms with Gasteiger partial charge >= 0.3 is 0 Å². The first-order chi connectivity index (χ1) is 4.91.